The van der Waals surface area contributed by atoms with Crippen LogP contribution in [0.1, 0.15) is 25.0 Å². The van der Waals surface area contributed by atoms with E-state index >= 15 is 0 Å². The minimum Gasteiger partial charge on any atom is -0.456 e. The molecule has 11 rings (SSSR count). The van der Waals surface area contributed by atoms with Crippen LogP contribution in [0.2, 0.25) is 0 Å². The summed E-state index contributed by atoms with van der Waals surface area (Å²) in [5.41, 5.74) is 16.5. The van der Waals surface area contributed by atoms with Crippen molar-refractivity contribution < 1.29 is 8.83 Å². The van der Waals surface area contributed by atoms with E-state index < -0.39 is 0 Å². The number of benzene rings is 8. The Morgan fingerprint density at radius 3 is 1.41 bits per heavy atom. The molecule has 1 aliphatic carbocycles. The zero-order valence-corrected chi connectivity index (χ0v) is 30.0. The first-order chi connectivity index (χ1) is 26.5. The van der Waals surface area contributed by atoms with Crippen LogP contribution in [0.3, 0.4) is 0 Å². The number of rotatable bonds is 5. The van der Waals surface area contributed by atoms with Crippen LogP contribution in [0.25, 0.3) is 77.3 Å². The van der Waals surface area contributed by atoms with Crippen molar-refractivity contribution in [1.29, 1.82) is 0 Å². The third kappa shape index (κ3) is 4.55. The Labute approximate surface area is 313 Å². The van der Waals surface area contributed by atoms with Crippen molar-refractivity contribution in [3.05, 3.63) is 187 Å². The van der Waals surface area contributed by atoms with Gasteiger partial charge >= 0.3 is 0 Å². The summed E-state index contributed by atoms with van der Waals surface area (Å²) in [5, 5.41) is 4.41. The number of furan rings is 2. The first kappa shape index (κ1) is 30.8. The van der Waals surface area contributed by atoms with E-state index in [2.05, 4.69) is 195 Å². The molecule has 2 heterocycles. The fraction of sp³-hybridized carbons (Fsp3) is 0.0588. The average Bonchev–Trinajstić information content (AvgIpc) is 3.86. The number of fused-ring (bicyclic) bond motifs is 9. The van der Waals surface area contributed by atoms with E-state index in [-0.39, 0.29) is 5.41 Å². The first-order valence-electron chi connectivity index (χ1n) is 18.6. The Hall–Kier alpha value is -6.84. The zero-order valence-electron chi connectivity index (χ0n) is 30.0. The third-order valence-corrected chi connectivity index (χ3v) is 11.5. The predicted octanol–water partition coefficient (Wildman–Crippen LogP) is 14.6. The molecule has 0 N–H and O–H groups in total. The molecule has 0 fully saturated rings. The van der Waals surface area contributed by atoms with Crippen molar-refractivity contribution in [3.8, 4) is 33.4 Å². The molecule has 256 valence electrons. The van der Waals surface area contributed by atoms with Gasteiger partial charge in [-0.1, -0.05) is 129 Å². The van der Waals surface area contributed by atoms with Crippen molar-refractivity contribution in [2.45, 2.75) is 19.3 Å². The molecule has 0 radical (unpaired) electrons. The van der Waals surface area contributed by atoms with Crippen LogP contribution in [0.5, 0.6) is 0 Å². The summed E-state index contributed by atoms with van der Waals surface area (Å²) in [7, 11) is 0. The highest BCUT2D eigenvalue weighted by Crippen LogP contribution is 2.51. The van der Waals surface area contributed by atoms with Gasteiger partial charge in [-0.15, -0.1) is 0 Å². The van der Waals surface area contributed by atoms with Crippen LogP contribution in [0, 0.1) is 0 Å². The highest BCUT2D eigenvalue weighted by Gasteiger charge is 2.36. The fourth-order valence-corrected chi connectivity index (χ4v) is 8.90. The Morgan fingerprint density at radius 1 is 0.370 bits per heavy atom. The number of anilines is 3. The molecule has 3 heteroatoms. The van der Waals surface area contributed by atoms with Gasteiger partial charge in [0.2, 0.25) is 0 Å². The highest BCUT2D eigenvalue weighted by atomic mass is 16.3. The maximum absolute atomic E-state index is 6.50. The van der Waals surface area contributed by atoms with Gasteiger partial charge < -0.3 is 13.7 Å². The summed E-state index contributed by atoms with van der Waals surface area (Å²) >= 11 is 0. The topological polar surface area (TPSA) is 29.5 Å². The van der Waals surface area contributed by atoms with Crippen LogP contribution < -0.4 is 4.90 Å². The molecular weight excluding hydrogens is 659 g/mol. The summed E-state index contributed by atoms with van der Waals surface area (Å²) in [6, 6.07) is 62.9. The standard InChI is InChI=1S/C51H35NO2/c1-51(2)43-20-10-9-17-39(43)40-26-23-36(31-44(40)51)52(34-24-27-45-41(29-34)49-37(18-11-21-47(49)53-45)32-13-5-3-6-14-32)35-25-28-46-42(30-35)50-38(19-12-22-48(50)54-46)33-15-7-4-8-16-33/h3-31H,1-2H3. The van der Waals surface area contributed by atoms with Gasteiger partial charge in [0.25, 0.3) is 0 Å². The molecule has 0 atom stereocenters. The molecule has 8 aromatic carbocycles. The van der Waals surface area contributed by atoms with E-state index in [0.717, 1.165) is 72.1 Å². The van der Waals surface area contributed by atoms with Crippen molar-refractivity contribution in [2.24, 2.45) is 0 Å². The maximum Gasteiger partial charge on any atom is 0.136 e. The maximum atomic E-state index is 6.50. The van der Waals surface area contributed by atoms with Gasteiger partial charge in [-0.3, -0.25) is 0 Å². The van der Waals surface area contributed by atoms with Crippen molar-refractivity contribution in [1.82, 2.24) is 0 Å². The van der Waals surface area contributed by atoms with Gasteiger partial charge in [0, 0.05) is 44.0 Å². The Morgan fingerprint density at radius 2 is 0.833 bits per heavy atom. The summed E-state index contributed by atoms with van der Waals surface area (Å²) in [6.07, 6.45) is 0. The molecule has 0 saturated heterocycles. The molecule has 3 nitrogen and oxygen atoms in total. The van der Waals surface area contributed by atoms with Crippen molar-refractivity contribution in [2.75, 3.05) is 4.90 Å². The molecule has 0 saturated carbocycles. The van der Waals surface area contributed by atoms with Gasteiger partial charge in [-0.2, -0.15) is 0 Å². The lowest BCUT2D eigenvalue weighted by Crippen LogP contribution is -2.16. The van der Waals surface area contributed by atoms with Crippen LogP contribution in [-0.4, -0.2) is 0 Å². The molecule has 2 aromatic heterocycles. The first-order valence-corrected chi connectivity index (χ1v) is 18.6. The second-order valence-corrected chi connectivity index (χ2v) is 14.9. The lowest BCUT2D eigenvalue weighted by atomic mass is 9.82. The largest absolute Gasteiger partial charge is 0.456 e. The highest BCUT2D eigenvalue weighted by molar-refractivity contribution is 6.15. The predicted molar refractivity (Wildman–Crippen MR) is 224 cm³/mol. The monoisotopic (exact) mass is 693 g/mol. The van der Waals surface area contributed by atoms with Crippen LogP contribution in [0.15, 0.2) is 185 Å². The van der Waals surface area contributed by atoms with E-state index in [9.17, 15) is 0 Å². The minimum absolute atomic E-state index is 0.141. The fourth-order valence-electron chi connectivity index (χ4n) is 8.90. The van der Waals surface area contributed by atoms with E-state index in [0.29, 0.717) is 0 Å². The average molecular weight is 694 g/mol. The SMILES string of the molecule is CC1(C)c2ccccc2-c2ccc(N(c3ccc4oc5cccc(-c6ccccc6)c5c4c3)c3ccc4oc5cccc(-c6ccccc6)c5c4c3)cc21. The quantitative estimate of drug-likeness (QED) is 0.180. The summed E-state index contributed by atoms with van der Waals surface area (Å²) in [5.74, 6) is 0. The summed E-state index contributed by atoms with van der Waals surface area (Å²) < 4.78 is 13.0. The summed E-state index contributed by atoms with van der Waals surface area (Å²) in [6.45, 7) is 4.69. The number of nitrogens with zero attached hydrogens (tertiary/aromatic N) is 1. The Bertz CT molecular complexity index is 2920. The van der Waals surface area contributed by atoms with Gasteiger partial charge in [-0.25, -0.2) is 0 Å². The second kappa shape index (κ2) is 11.6. The molecule has 0 amide bonds. The van der Waals surface area contributed by atoms with Gasteiger partial charge in [0.05, 0.1) is 0 Å². The molecule has 0 bridgehead atoms. The molecule has 1 aliphatic rings. The van der Waals surface area contributed by atoms with Gasteiger partial charge in [0.1, 0.15) is 22.3 Å². The molecular formula is C51H35NO2. The smallest absolute Gasteiger partial charge is 0.136 e. The Kier molecular flexibility index (Phi) is 6.60. The van der Waals surface area contributed by atoms with Gasteiger partial charge in [-0.05, 0) is 105 Å². The number of hydrogen-bond donors (Lipinski definition) is 0. The van der Waals surface area contributed by atoms with E-state index in [4.69, 9.17) is 8.83 Å². The van der Waals surface area contributed by atoms with E-state index in [1.807, 2.05) is 0 Å². The zero-order chi connectivity index (χ0) is 36.0. The molecule has 0 spiro atoms. The molecule has 10 aromatic rings. The van der Waals surface area contributed by atoms with Gasteiger partial charge in [0.15, 0.2) is 0 Å². The van der Waals surface area contributed by atoms with Crippen molar-refractivity contribution >= 4 is 60.9 Å². The molecule has 54 heavy (non-hydrogen) atoms. The van der Waals surface area contributed by atoms with E-state index in [1.54, 1.807) is 0 Å². The number of hydrogen-bond acceptors (Lipinski definition) is 3. The molecule has 0 aliphatic heterocycles. The van der Waals surface area contributed by atoms with Crippen LogP contribution >= 0.6 is 0 Å². The van der Waals surface area contributed by atoms with Crippen LogP contribution in [-0.2, 0) is 5.41 Å². The third-order valence-electron chi connectivity index (χ3n) is 11.5. The second-order valence-electron chi connectivity index (χ2n) is 14.9. The summed E-state index contributed by atoms with van der Waals surface area (Å²) in [4.78, 5) is 2.39. The normalized spacial score (nSPS) is 13.1. The lowest BCUT2D eigenvalue weighted by Gasteiger charge is -2.28. The Balaban J connectivity index is 1.17. The lowest BCUT2D eigenvalue weighted by molar-refractivity contribution is 0.660. The van der Waals surface area contributed by atoms with E-state index in [1.165, 1.54) is 33.4 Å². The van der Waals surface area contributed by atoms with Crippen LogP contribution in [0.4, 0.5) is 17.1 Å². The molecule has 0 unspecified atom stereocenters. The minimum atomic E-state index is -0.141. The van der Waals surface area contributed by atoms with Crippen molar-refractivity contribution in [3.63, 3.8) is 0 Å².